The van der Waals surface area contributed by atoms with Gasteiger partial charge in [-0.25, -0.2) is 0 Å². The van der Waals surface area contributed by atoms with Crippen LogP contribution in [-0.4, -0.2) is 48.0 Å². The van der Waals surface area contributed by atoms with Crippen LogP contribution in [0.2, 0.25) is 0 Å². The second kappa shape index (κ2) is 5.50. The lowest BCUT2D eigenvalue weighted by Gasteiger charge is -2.29. The highest BCUT2D eigenvalue weighted by atomic mass is 32.2. The van der Waals surface area contributed by atoms with E-state index in [4.69, 9.17) is 10.1 Å². The van der Waals surface area contributed by atoms with Crippen molar-refractivity contribution in [3.63, 3.8) is 0 Å². The molecule has 0 unspecified atom stereocenters. The molecule has 0 atom stereocenters. The molecule has 0 amide bonds. The summed E-state index contributed by atoms with van der Waals surface area (Å²) in [5.74, 6) is 1.58. The lowest BCUT2D eigenvalue weighted by atomic mass is 10.4. The number of nitrogens with zero attached hydrogens (tertiary/aromatic N) is 1. The van der Waals surface area contributed by atoms with E-state index < -0.39 is 0 Å². The zero-order valence-electron chi connectivity index (χ0n) is 8.38. The fourth-order valence-corrected chi connectivity index (χ4v) is 1.84. The first-order valence-corrected chi connectivity index (χ1v) is 5.76. The van der Waals surface area contributed by atoms with Gasteiger partial charge in [-0.3, -0.25) is 5.41 Å². The molecule has 76 valence electrons. The summed E-state index contributed by atoms with van der Waals surface area (Å²) < 4.78 is 5.23. The maximum atomic E-state index is 7.83. The van der Waals surface area contributed by atoms with Gasteiger partial charge in [-0.1, -0.05) is 13.8 Å². The summed E-state index contributed by atoms with van der Waals surface area (Å²) in [6, 6.07) is 0. The molecule has 0 aliphatic carbocycles. The average Bonchev–Trinajstić information content (AvgIpc) is 2.15. The Morgan fingerprint density at radius 1 is 1.46 bits per heavy atom. The predicted molar refractivity (Wildman–Crippen MR) is 57.7 cm³/mol. The van der Waals surface area contributed by atoms with Crippen LogP contribution in [-0.2, 0) is 4.74 Å². The van der Waals surface area contributed by atoms with E-state index in [0.29, 0.717) is 5.25 Å². The monoisotopic (exact) mass is 202 g/mol. The van der Waals surface area contributed by atoms with Crippen molar-refractivity contribution >= 4 is 17.6 Å². The molecule has 4 heteroatoms. The second-order valence-corrected chi connectivity index (χ2v) is 4.97. The van der Waals surface area contributed by atoms with Crippen LogP contribution >= 0.6 is 11.8 Å². The van der Waals surface area contributed by atoms with Crippen molar-refractivity contribution in [1.82, 2.24) is 4.90 Å². The summed E-state index contributed by atoms with van der Waals surface area (Å²) in [7, 11) is 0. The van der Waals surface area contributed by atoms with E-state index in [1.165, 1.54) is 0 Å². The molecule has 0 aromatic rings. The number of nitrogens with one attached hydrogen (secondary N) is 1. The summed E-state index contributed by atoms with van der Waals surface area (Å²) >= 11 is 1.83. The van der Waals surface area contributed by atoms with Gasteiger partial charge in [0.15, 0.2) is 0 Å². The first-order valence-electron chi connectivity index (χ1n) is 4.72. The molecule has 3 nitrogen and oxygen atoms in total. The van der Waals surface area contributed by atoms with Crippen LogP contribution in [0, 0.1) is 5.41 Å². The maximum Gasteiger partial charge on any atom is 0.106 e. The number of thioether (sulfide) groups is 1. The van der Waals surface area contributed by atoms with Gasteiger partial charge >= 0.3 is 0 Å². The maximum absolute atomic E-state index is 7.83. The largest absolute Gasteiger partial charge is 0.378 e. The Labute approximate surface area is 84.3 Å². The van der Waals surface area contributed by atoms with Gasteiger partial charge in [-0.2, -0.15) is 11.8 Å². The van der Waals surface area contributed by atoms with E-state index in [2.05, 4.69) is 18.7 Å². The first-order chi connectivity index (χ1) is 6.20. The van der Waals surface area contributed by atoms with Crippen LogP contribution in [0.5, 0.6) is 0 Å². The Bertz CT molecular complexity index is 167. The molecule has 0 aromatic carbocycles. The first kappa shape index (κ1) is 10.9. The van der Waals surface area contributed by atoms with Crippen molar-refractivity contribution in [3.05, 3.63) is 0 Å². The molecule has 1 rings (SSSR count). The highest BCUT2D eigenvalue weighted by molar-refractivity contribution is 8.00. The molecule has 0 spiro atoms. The van der Waals surface area contributed by atoms with Crippen LogP contribution in [0.15, 0.2) is 0 Å². The molecule has 1 aliphatic heterocycles. The molecule has 1 N–H and O–H groups in total. The van der Waals surface area contributed by atoms with Gasteiger partial charge in [0.1, 0.15) is 5.84 Å². The minimum Gasteiger partial charge on any atom is -0.378 e. The minimum absolute atomic E-state index is 0.612. The van der Waals surface area contributed by atoms with Gasteiger partial charge in [0, 0.05) is 13.1 Å². The molecule has 0 bridgehead atoms. The van der Waals surface area contributed by atoms with Gasteiger partial charge in [0.25, 0.3) is 0 Å². The number of morpholine rings is 1. The van der Waals surface area contributed by atoms with E-state index in [1.54, 1.807) is 0 Å². The van der Waals surface area contributed by atoms with E-state index in [-0.39, 0.29) is 0 Å². The van der Waals surface area contributed by atoms with Gasteiger partial charge in [0.2, 0.25) is 0 Å². The highest BCUT2D eigenvalue weighted by Crippen LogP contribution is 2.10. The van der Waals surface area contributed by atoms with Crippen molar-refractivity contribution in [2.24, 2.45) is 0 Å². The quantitative estimate of drug-likeness (QED) is 0.555. The Morgan fingerprint density at radius 3 is 2.62 bits per heavy atom. The lowest BCUT2D eigenvalue weighted by Crippen LogP contribution is -2.41. The summed E-state index contributed by atoms with van der Waals surface area (Å²) in [5.41, 5.74) is 0. The third-order valence-corrected chi connectivity index (χ3v) is 3.05. The van der Waals surface area contributed by atoms with Crippen LogP contribution in [0.4, 0.5) is 0 Å². The Balaban J connectivity index is 2.21. The minimum atomic E-state index is 0.612. The number of hydrogen-bond acceptors (Lipinski definition) is 3. The van der Waals surface area contributed by atoms with E-state index in [1.807, 2.05) is 11.8 Å². The second-order valence-electron chi connectivity index (χ2n) is 3.41. The molecular formula is C9H18N2OS. The van der Waals surface area contributed by atoms with E-state index in [9.17, 15) is 0 Å². The number of rotatable bonds is 3. The standard InChI is InChI=1S/C9H18N2OS/c1-8(2)13-7-9(10)11-3-5-12-6-4-11/h8,10H,3-7H2,1-2H3. The van der Waals surface area contributed by atoms with Crippen LogP contribution in [0.3, 0.4) is 0 Å². The Morgan fingerprint density at radius 2 is 2.08 bits per heavy atom. The van der Waals surface area contributed by atoms with Gasteiger partial charge in [-0.15, -0.1) is 0 Å². The van der Waals surface area contributed by atoms with Crippen LogP contribution in [0.25, 0.3) is 0 Å². The zero-order chi connectivity index (χ0) is 9.68. The topological polar surface area (TPSA) is 36.3 Å². The fourth-order valence-electron chi connectivity index (χ4n) is 1.17. The number of amidine groups is 1. The summed E-state index contributed by atoms with van der Waals surface area (Å²) in [5, 5.41) is 8.44. The lowest BCUT2D eigenvalue weighted by molar-refractivity contribution is 0.0676. The average molecular weight is 202 g/mol. The van der Waals surface area contributed by atoms with Crippen LogP contribution < -0.4 is 0 Å². The fraction of sp³-hybridized carbons (Fsp3) is 0.889. The van der Waals surface area contributed by atoms with Gasteiger partial charge in [-0.05, 0) is 5.25 Å². The smallest absolute Gasteiger partial charge is 0.106 e. The third-order valence-electron chi connectivity index (χ3n) is 1.95. The molecule has 1 fully saturated rings. The predicted octanol–water partition coefficient (Wildman–Crippen LogP) is 1.44. The van der Waals surface area contributed by atoms with Crippen molar-refractivity contribution in [3.8, 4) is 0 Å². The molecule has 0 saturated carbocycles. The molecule has 13 heavy (non-hydrogen) atoms. The number of ether oxygens (including phenoxy) is 1. The van der Waals surface area contributed by atoms with Crippen molar-refractivity contribution in [2.75, 3.05) is 32.1 Å². The molecule has 0 aromatic heterocycles. The summed E-state index contributed by atoms with van der Waals surface area (Å²) in [6.45, 7) is 7.65. The molecule has 1 saturated heterocycles. The Hall–Kier alpha value is -0.220. The molecule has 1 heterocycles. The normalized spacial score (nSPS) is 17.9. The molecule has 0 radical (unpaired) electrons. The summed E-state index contributed by atoms with van der Waals surface area (Å²) in [4.78, 5) is 2.11. The zero-order valence-corrected chi connectivity index (χ0v) is 9.19. The van der Waals surface area contributed by atoms with Gasteiger partial charge in [0.05, 0.1) is 19.0 Å². The van der Waals surface area contributed by atoms with Crippen LogP contribution in [0.1, 0.15) is 13.8 Å². The van der Waals surface area contributed by atoms with Crippen molar-refractivity contribution in [1.29, 1.82) is 5.41 Å². The van der Waals surface area contributed by atoms with Gasteiger partial charge < -0.3 is 9.64 Å². The van der Waals surface area contributed by atoms with Crippen molar-refractivity contribution < 1.29 is 4.74 Å². The molecular weight excluding hydrogens is 184 g/mol. The Kier molecular flexibility index (Phi) is 4.59. The third kappa shape index (κ3) is 4.00. The summed E-state index contributed by atoms with van der Waals surface area (Å²) in [6.07, 6.45) is 0. The number of hydrogen-bond donors (Lipinski definition) is 1. The van der Waals surface area contributed by atoms with E-state index >= 15 is 0 Å². The highest BCUT2D eigenvalue weighted by Gasteiger charge is 2.13. The van der Waals surface area contributed by atoms with Crippen molar-refractivity contribution in [2.45, 2.75) is 19.1 Å². The van der Waals surface area contributed by atoms with E-state index in [0.717, 1.165) is 37.9 Å². The SMILES string of the molecule is CC(C)SCC(=N)N1CCOCC1. The molecule has 1 aliphatic rings.